The molecular formula is C15H22N4O2S. The van der Waals surface area contributed by atoms with Crippen molar-refractivity contribution in [1.82, 2.24) is 15.4 Å². The standard InChI is InChI=1S/C15H22N4O2S/c1-3-10-17-15(16-4-2)18-11-12-22(20,21)19-13-14-8-6-5-7-9-14/h1,5-9,19H,4,10-13H2,2H3,(H2,16,17,18). The molecule has 0 atom stereocenters. The topological polar surface area (TPSA) is 82.6 Å². The molecule has 1 aromatic carbocycles. The lowest BCUT2D eigenvalue weighted by atomic mass is 10.2. The van der Waals surface area contributed by atoms with Gasteiger partial charge in [0.15, 0.2) is 5.96 Å². The second-order valence-corrected chi connectivity index (χ2v) is 6.37. The van der Waals surface area contributed by atoms with Crippen molar-refractivity contribution in [2.45, 2.75) is 13.5 Å². The monoisotopic (exact) mass is 322 g/mol. The van der Waals surface area contributed by atoms with Gasteiger partial charge in [0.2, 0.25) is 10.0 Å². The SMILES string of the molecule is C#CCNC(=NCCS(=O)(=O)NCc1ccccc1)NCC. The van der Waals surface area contributed by atoms with Gasteiger partial charge in [-0.1, -0.05) is 36.3 Å². The van der Waals surface area contributed by atoms with E-state index in [2.05, 4.69) is 26.3 Å². The molecule has 0 aromatic heterocycles. The van der Waals surface area contributed by atoms with Crippen LogP contribution in [-0.4, -0.2) is 39.8 Å². The second-order valence-electron chi connectivity index (χ2n) is 4.44. The lowest BCUT2D eigenvalue weighted by Gasteiger charge is -2.09. The van der Waals surface area contributed by atoms with Gasteiger partial charge >= 0.3 is 0 Å². The number of sulfonamides is 1. The summed E-state index contributed by atoms with van der Waals surface area (Å²) in [5, 5.41) is 5.89. The highest BCUT2D eigenvalue weighted by molar-refractivity contribution is 7.89. The average molecular weight is 322 g/mol. The minimum absolute atomic E-state index is 0.0769. The van der Waals surface area contributed by atoms with Crippen molar-refractivity contribution in [3.8, 4) is 12.3 Å². The van der Waals surface area contributed by atoms with E-state index in [-0.39, 0.29) is 18.8 Å². The Labute approximate surface area is 132 Å². The van der Waals surface area contributed by atoms with Gasteiger partial charge in [-0.3, -0.25) is 4.99 Å². The van der Waals surface area contributed by atoms with Crippen molar-refractivity contribution in [2.24, 2.45) is 4.99 Å². The lowest BCUT2D eigenvalue weighted by Crippen LogP contribution is -2.38. The fourth-order valence-electron chi connectivity index (χ4n) is 1.62. The number of terminal acetylenes is 1. The fourth-order valence-corrected chi connectivity index (χ4v) is 2.48. The number of hydrogen-bond acceptors (Lipinski definition) is 3. The lowest BCUT2D eigenvalue weighted by molar-refractivity contribution is 0.581. The summed E-state index contributed by atoms with van der Waals surface area (Å²) in [6, 6.07) is 9.36. The van der Waals surface area contributed by atoms with Gasteiger partial charge < -0.3 is 10.6 Å². The largest absolute Gasteiger partial charge is 0.357 e. The molecule has 0 spiro atoms. The number of benzene rings is 1. The van der Waals surface area contributed by atoms with Gasteiger partial charge in [0, 0.05) is 13.1 Å². The van der Waals surface area contributed by atoms with Crippen molar-refractivity contribution in [1.29, 1.82) is 0 Å². The van der Waals surface area contributed by atoms with Crippen LogP contribution in [0, 0.1) is 12.3 Å². The maximum atomic E-state index is 11.9. The molecule has 0 aliphatic rings. The molecule has 6 nitrogen and oxygen atoms in total. The van der Waals surface area contributed by atoms with Crippen LogP contribution in [0.5, 0.6) is 0 Å². The first kappa shape index (κ1) is 18.0. The van der Waals surface area contributed by atoms with Gasteiger partial charge in [-0.15, -0.1) is 6.42 Å². The zero-order valence-electron chi connectivity index (χ0n) is 12.7. The Bertz CT molecular complexity index is 606. The molecular weight excluding hydrogens is 300 g/mol. The van der Waals surface area contributed by atoms with Crippen molar-refractivity contribution in [2.75, 3.05) is 25.4 Å². The van der Waals surface area contributed by atoms with Crippen LogP contribution < -0.4 is 15.4 Å². The van der Waals surface area contributed by atoms with Crippen LogP contribution in [0.3, 0.4) is 0 Å². The first-order valence-corrected chi connectivity index (χ1v) is 8.69. The molecule has 0 heterocycles. The van der Waals surface area contributed by atoms with E-state index < -0.39 is 10.0 Å². The zero-order chi connectivity index (χ0) is 16.3. The Morgan fingerprint density at radius 3 is 2.64 bits per heavy atom. The van der Waals surface area contributed by atoms with E-state index in [1.165, 1.54) is 0 Å². The van der Waals surface area contributed by atoms with Gasteiger partial charge in [-0.05, 0) is 12.5 Å². The summed E-state index contributed by atoms with van der Waals surface area (Å²) in [4.78, 5) is 4.17. The smallest absolute Gasteiger partial charge is 0.213 e. The normalized spacial score (nSPS) is 11.7. The zero-order valence-corrected chi connectivity index (χ0v) is 13.5. The summed E-state index contributed by atoms with van der Waals surface area (Å²) in [5.74, 6) is 2.87. The Hall–Kier alpha value is -2.04. The number of nitrogens with zero attached hydrogens (tertiary/aromatic N) is 1. The minimum Gasteiger partial charge on any atom is -0.357 e. The highest BCUT2D eigenvalue weighted by Gasteiger charge is 2.09. The molecule has 1 aromatic rings. The number of guanidine groups is 1. The van der Waals surface area contributed by atoms with Gasteiger partial charge in [0.05, 0.1) is 18.8 Å². The number of nitrogens with one attached hydrogen (secondary N) is 3. The molecule has 22 heavy (non-hydrogen) atoms. The predicted molar refractivity (Wildman–Crippen MR) is 89.9 cm³/mol. The molecule has 3 N–H and O–H groups in total. The molecule has 0 bridgehead atoms. The van der Waals surface area contributed by atoms with Gasteiger partial charge in [-0.2, -0.15) is 0 Å². The molecule has 7 heteroatoms. The molecule has 0 fully saturated rings. The van der Waals surface area contributed by atoms with Crippen molar-refractivity contribution in [3.63, 3.8) is 0 Å². The van der Waals surface area contributed by atoms with Crippen molar-refractivity contribution in [3.05, 3.63) is 35.9 Å². The van der Waals surface area contributed by atoms with Crippen LogP contribution >= 0.6 is 0 Å². The van der Waals surface area contributed by atoms with Gasteiger partial charge in [0.25, 0.3) is 0 Å². The van der Waals surface area contributed by atoms with Crippen LogP contribution in [0.2, 0.25) is 0 Å². The van der Waals surface area contributed by atoms with E-state index in [9.17, 15) is 8.42 Å². The molecule has 0 unspecified atom stereocenters. The predicted octanol–water partition coefficient (Wildman–Crippen LogP) is 0.294. The molecule has 0 amide bonds. The Morgan fingerprint density at radius 1 is 1.27 bits per heavy atom. The number of hydrogen-bond donors (Lipinski definition) is 3. The van der Waals surface area contributed by atoms with Crippen molar-refractivity contribution < 1.29 is 8.42 Å². The maximum Gasteiger partial charge on any atom is 0.213 e. The minimum atomic E-state index is -3.36. The molecule has 0 saturated carbocycles. The summed E-state index contributed by atoms with van der Waals surface area (Å²) < 4.78 is 26.4. The third kappa shape index (κ3) is 7.67. The van der Waals surface area contributed by atoms with E-state index >= 15 is 0 Å². The van der Waals surface area contributed by atoms with Gasteiger partial charge in [0.1, 0.15) is 0 Å². The highest BCUT2D eigenvalue weighted by atomic mass is 32.2. The molecule has 1 rings (SSSR count). The first-order chi connectivity index (χ1) is 10.6. The fraction of sp³-hybridized carbons (Fsp3) is 0.400. The number of rotatable bonds is 8. The first-order valence-electron chi connectivity index (χ1n) is 7.04. The molecule has 0 aliphatic carbocycles. The Kier molecular flexibility index (Phi) is 8.04. The summed E-state index contributed by atoms with van der Waals surface area (Å²) >= 11 is 0. The third-order valence-corrected chi connectivity index (χ3v) is 3.98. The van der Waals surface area contributed by atoms with E-state index in [1.54, 1.807) is 0 Å². The van der Waals surface area contributed by atoms with Crippen LogP contribution in [-0.2, 0) is 16.6 Å². The highest BCUT2D eigenvalue weighted by Crippen LogP contribution is 1.98. The summed E-state index contributed by atoms with van der Waals surface area (Å²) in [5.41, 5.74) is 0.915. The summed E-state index contributed by atoms with van der Waals surface area (Å²) in [6.45, 7) is 3.37. The maximum absolute atomic E-state index is 11.9. The molecule has 120 valence electrons. The Balaban J connectivity index is 2.45. The van der Waals surface area contributed by atoms with Crippen LogP contribution in [0.25, 0.3) is 0 Å². The van der Waals surface area contributed by atoms with Crippen LogP contribution in [0.4, 0.5) is 0 Å². The van der Waals surface area contributed by atoms with Gasteiger partial charge in [-0.25, -0.2) is 13.1 Å². The van der Waals surface area contributed by atoms with E-state index in [0.29, 0.717) is 19.0 Å². The number of aliphatic imine (C=N–C) groups is 1. The van der Waals surface area contributed by atoms with E-state index in [0.717, 1.165) is 5.56 Å². The third-order valence-electron chi connectivity index (χ3n) is 2.67. The molecule has 0 aliphatic heterocycles. The van der Waals surface area contributed by atoms with Crippen LogP contribution in [0.15, 0.2) is 35.3 Å². The van der Waals surface area contributed by atoms with E-state index in [4.69, 9.17) is 6.42 Å². The average Bonchev–Trinajstić information content (AvgIpc) is 2.51. The molecule has 0 radical (unpaired) electrons. The van der Waals surface area contributed by atoms with E-state index in [1.807, 2.05) is 37.3 Å². The Morgan fingerprint density at radius 2 is 2.00 bits per heavy atom. The van der Waals surface area contributed by atoms with Crippen molar-refractivity contribution >= 4 is 16.0 Å². The molecule has 0 saturated heterocycles. The summed E-state index contributed by atoms with van der Waals surface area (Å²) in [7, 11) is -3.36. The quantitative estimate of drug-likeness (QED) is 0.365. The second kappa shape index (κ2) is 9.82. The van der Waals surface area contributed by atoms with Crippen LogP contribution in [0.1, 0.15) is 12.5 Å². The summed E-state index contributed by atoms with van der Waals surface area (Å²) in [6.07, 6.45) is 5.16.